The Balaban J connectivity index is 1.52. The van der Waals surface area contributed by atoms with E-state index < -0.39 is 0 Å². The fraction of sp³-hybridized carbons (Fsp3) is 0.105. The van der Waals surface area contributed by atoms with E-state index in [1.165, 1.54) is 11.8 Å². The van der Waals surface area contributed by atoms with Gasteiger partial charge in [-0.3, -0.25) is 10.1 Å². The molecule has 0 bridgehead atoms. The molecule has 0 saturated heterocycles. The highest BCUT2D eigenvalue weighted by Gasteiger charge is 2.14. The van der Waals surface area contributed by atoms with Crippen molar-refractivity contribution in [2.24, 2.45) is 0 Å². The number of rotatable bonds is 5. The molecule has 0 aliphatic rings. The van der Waals surface area contributed by atoms with Crippen LogP contribution in [0.2, 0.25) is 0 Å². The monoisotopic (exact) mass is 364 g/mol. The number of hydrogen-bond acceptors (Lipinski definition) is 5. The van der Waals surface area contributed by atoms with Crippen LogP contribution in [0.3, 0.4) is 0 Å². The minimum absolute atomic E-state index is 0.207. The van der Waals surface area contributed by atoms with Crippen molar-refractivity contribution in [3.05, 3.63) is 71.6 Å². The van der Waals surface area contributed by atoms with Gasteiger partial charge in [0.2, 0.25) is 5.95 Å². The third-order valence-electron chi connectivity index (χ3n) is 3.80. The Morgan fingerprint density at radius 1 is 1.19 bits per heavy atom. The molecule has 4 aromatic rings. The fourth-order valence-corrected chi connectivity index (χ4v) is 3.53. The zero-order valence-corrected chi connectivity index (χ0v) is 14.8. The summed E-state index contributed by atoms with van der Waals surface area (Å²) in [6.45, 7) is 1.88. The number of aryl methyl sites for hydroxylation is 1. The second kappa shape index (κ2) is 7.05. The number of carbonyl (C=O) groups excluding carboxylic acids is 1. The number of hydrogen-bond donors (Lipinski definition) is 2. The van der Waals surface area contributed by atoms with Crippen molar-refractivity contribution < 1.29 is 9.32 Å². The maximum Gasteiger partial charge on any atom is 0.259 e. The summed E-state index contributed by atoms with van der Waals surface area (Å²) in [4.78, 5) is 21.1. The third kappa shape index (κ3) is 3.48. The average Bonchev–Trinajstić information content (AvgIpc) is 3.25. The molecule has 4 rings (SSSR count). The van der Waals surface area contributed by atoms with Crippen LogP contribution in [-0.2, 0) is 5.75 Å². The third-order valence-corrected chi connectivity index (χ3v) is 4.90. The van der Waals surface area contributed by atoms with Crippen molar-refractivity contribution in [1.82, 2.24) is 15.1 Å². The number of anilines is 1. The van der Waals surface area contributed by atoms with E-state index in [0.717, 1.165) is 27.4 Å². The van der Waals surface area contributed by atoms with Gasteiger partial charge in [0.15, 0.2) is 0 Å². The van der Waals surface area contributed by atoms with E-state index in [1.807, 2.05) is 55.5 Å². The first kappa shape index (κ1) is 16.4. The normalized spacial score (nSPS) is 11.0. The van der Waals surface area contributed by atoms with Gasteiger partial charge < -0.3 is 9.51 Å². The second-order valence-corrected chi connectivity index (χ2v) is 6.79. The number of nitrogens with one attached hydrogen (secondary N) is 2. The molecule has 6 nitrogen and oxygen atoms in total. The number of carbonyl (C=O) groups is 1. The highest BCUT2D eigenvalue weighted by atomic mass is 32.2. The number of H-pyrrole nitrogens is 1. The van der Waals surface area contributed by atoms with E-state index in [-0.39, 0.29) is 5.91 Å². The van der Waals surface area contributed by atoms with Gasteiger partial charge in [-0.15, -0.1) is 11.8 Å². The van der Waals surface area contributed by atoms with Crippen LogP contribution in [0.25, 0.3) is 11.0 Å². The summed E-state index contributed by atoms with van der Waals surface area (Å²) in [7, 11) is 0. The van der Waals surface area contributed by atoms with Crippen LogP contribution in [0.15, 0.2) is 64.0 Å². The molecule has 2 N–H and O–H groups in total. The van der Waals surface area contributed by atoms with Crippen LogP contribution < -0.4 is 5.32 Å². The molecular formula is C19H16N4O2S. The molecule has 0 spiro atoms. The predicted octanol–water partition coefficient (Wildman–Crippen LogP) is 4.40. The van der Waals surface area contributed by atoms with E-state index in [0.29, 0.717) is 17.3 Å². The Labute approximate surface area is 154 Å². The zero-order chi connectivity index (χ0) is 17.9. The number of benzene rings is 2. The second-order valence-electron chi connectivity index (χ2n) is 5.78. The van der Waals surface area contributed by atoms with Crippen LogP contribution in [0.5, 0.6) is 0 Å². The van der Waals surface area contributed by atoms with Gasteiger partial charge in [0.25, 0.3) is 5.91 Å². The van der Waals surface area contributed by atoms with Crippen molar-refractivity contribution in [1.29, 1.82) is 0 Å². The topological polar surface area (TPSA) is 83.8 Å². The number of aromatic amines is 1. The molecule has 130 valence electrons. The zero-order valence-electron chi connectivity index (χ0n) is 14.0. The van der Waals surface area contributed by atoms with Crippen molar-refractivity contribution >= 4 is 34.7 Å². The summed E-state index contributed by atoms with van der Waals surface area (Å²) in [5.74, 6) is 1.61. The molecule has 2 heterocycles. The first-order valence-corrected chi connectivity index (χ1v) is 9.08. The lowest BCUT2D eigenvalue weighted by molar-refractivity contribution is 0.102. The SMILES string of the molecule is Cc1cc(CSc2ccccc2C(=O)Nc2nc3ccccc3[nH]2)on1. The Morgan fingerprint density at radius 2 is 2.00 bits per heavy atom. The molecule has 0 unspecified atom stereocenters. The van der Waals surface area contributed by atoms with E-state index >= 15 is 0 Å². The van der Waals surface area contributed by atoms with Gasteiger partial charge in [0.1, 0.15) is 5.76 Å². The van der Waals surface area contributed by atoms with E-state index in [9.17, 15) is 4.79 Å². The number of fused-ring (bicyclic) bond motifs is 1. The molecule has 0 atom stereocenters. The lowest BCUT2D eigenvalue weighted by atomic mass is 10.2. The molecular weight excluding hydrogens is 348 g/mol. The van der Waals surface area contributed by atoms with Gasteiger partial charge in [-0.1, -0.05) is 29.4 Å². The van der Waals surface area contributed by atoms with Crippen molar-refractivity contribution in [3.63, 3.8) is 0 Å². The van der Waals surface area contributed by atoms with Crippen LogP contribution in [0.4, 0.5) is 5.95 Å². The number of thioether (sulfide) groups is 1. The van der Waals surface area contributed by atoms with E-state index in [4.69, 9.17) is 4.52 Å². The maximum atomic E-state index is 12.7. The van der Waals surface area contributed by atoms with Crippen LogP contribution >= 0.6 is 11.8 Å². The molecule has 26 heavy (non-hydrogen) atoms. The maximum absolute atomic E-state index is 12.7. The first-order chi connectivity index (χ1) is 12.7. The van der Waals surface area contributed by atoms with Crippen molar-refractivity contribution in [2.45, 2.75) is 17.6 Å². The minimum atomic E-state index is -0.207. The molecule has 0 aliphatic carbocycles. The molecule has 0 fully saturated rings. The van der Waals surface area contributed by atoms with Gasteiger partial charge in [0.05, 0.1) is 28.0 Å². The quantitative estimate of drug-likeness (QED) is 0.513. The Kier molecular flexibility index (Phi) is 4.45. The molecule has 1 amide bonds. The lowest BCUT2D eigenvalue weighted by Gasteiger charge is -2.07. The van der Waals surface area contributed by atoms with Crippen molar-refractivity contribution in [2.75, 3.05) is 5.32 Å². The predicted molar refractivity (Wildman–Crippen MR) is 101 cm³/mol. The highest BCUT2D eigenvalue weighted by Crippen LogP contribution is 2.27. The number of para-hydroxylation sites is 2. The smallest absolute Gasteiger partial charge is 0.259 e. The summed E-state index contributed by atoms with van der Waals surface area (Å²) in [5.41, 5.74) is 3.13. The summed E-state index contributed by atoms with van der Waals surface area (Å²) >= 11 is 1.53. The van der Waals surface area contributed by atoms with Gasteiger partial charge >= 0.3 is 0 Å². The van der Waals surface area contributed by atoms with Crippen LogP contribution in [0, 0.1) is 6.92 Å². The molecule has 0 radical (unpaired) electrons. The van der Waals surface area contributed by atoms with Crippen LogP contribution in [-0.4, -0.2) is 21.0 Å². The first-order valence-electron chi connectivity index (χ1n) is 8.09. The van der Waals surface area contributed by atoms with Crippen molar-refractivity contribution in [3.8, 4) is 0 Å². The molecule has 7 heteroatoms. The van der Waals surface area contributed by atoms with Gasteiger partial charge in [0, 0.05) is 11.0 Å². The minimum Gasteiger partial charge on any atom is -0.360 e. The summed E-state index contributed by atoms with van der Waals surface area (Å²) < 4.78 is 5.23. The standard InChI is InChI=1S/C19H16N4O2S/c1-12-10-13(25-23-12)11-26-17-9-5-2-6-14(17)18(24)22-19-20-15-7-3-4-8-16(15)21-19/h2-10H,11H2,1H3,(H2,20,21,22,24). The number of nitrogens with zero attached hydrogens (tertiary/aromatic N) is 2. The molecule has 2 aromatic carbocycles. The lowest BCUT2D eigenvalue weighted by Crippen LogP contribution is -2.14. The number of amides is 1. The van der Waals surface area contributed by atoms with Gasteiger partial charge in [-0.05, 0) is 31.2 Å². The van der Waals surface area contributed by atoms with E-state index in [1.54, 1.807) is 6.07 Å². The van der Waals surface area contributed by atoms with E-state index in [2.05, 4.69) is 20.4 Å². The molecule has 0 saturated carbocycles. The fourth-order valence-electron chi connectivity index (χ4n) is 2.60. The van der Waals surface area contributed by atoms with Crippen LogP contribution in [0.1, 0.15) is 21.8 Å². The largest absolute Gasteiger partial charge is 0.360 e. The average molecular weight is 364 g/mol. The van der Waals surface area contributed by atoms with Gasteiger partial charge in [-0.25, -0.2) is 4.98 Å². The summed E-state index contributed by atoms with van der Waals surface area (Å²) in [5, 5.41) is 6.72. The Bertz CT molecular complexity index is 1040. The summed E-state index contributed by atoms with van der Waals surface area (Å²) in [6.07, 6.45) is 0. The highest BCUT2D eigenvalue weighted by molar-refractivity contribution is 7.98. The Hall–Kier alpha value is -3.06. The molecule has 0 aliphatic heterocycles. The van der Waals surface area contributed by atoms with Gasteiger partial charge in [-0.2, -0.15) is 0 Å². The number of imidazole rings is 1. The molecule has 2 aromatic heterocycles. The summed E-state index contributed by atoms with van der Waals surface area (Å²) in [6, 6.07) is 17.0. The number of aromatic nitrogens is 3. The Morgan fingerprint density at radius 3 is 2.81 bits per heavy atom.